The largest absolute Gasteiger partial charge is 0.369 e. The van der Waals surface area contributed by atoms with E-state index in [1.165, 1.54) is 0 Å². The van der Waals surface area contributed by atoms with E-state index in [0.717, 1.165) is 12.0 Å². The molecule has 1 saturated carbocycles. The van der Waals surface area contributed by atoms with Crippen molar-refractivity contribution in [2.75, 3.05) is 0 Å². The highest BCUT2D eigenvalue weighted by molar-refractivity contribution is 6.29. The number of carbonyl (C=O) groups is 1. The lowest BCUT2D eigenvalue weighted by Crippen LogP contribution is -2.13. The van der Waals surface area contributed by atoms with Gasteiger partial charge in [0.25, 0.3) is 0 Å². The average molecular weight is 197 g/mol. The van der Waals surface area contributed by atoms with E-state index < -0.39 is 0 Å². The van der Waals surface area contributed by atoms with Gasteiger partial charge in [0.15, 0.2) is 0 Å². The number of halogens is 1. The highest BCUT2D eigenvalue weighted by atomic mass is 35.5. The third kappa shape index (κ3) is 1.65. The van der Waals surface area contributed by atoms with E-state index in [-0.39, 0.29) is 17.7 Å². The maximum absolute atomic E-state index is 10.8. The first-order valence-electron chi connectivity index (χ1n) is 4.09. The van der Waals surface area contributed by atoms with Gasteiger partial charge in [-0.25, -0.2) is 4.98 Å². The van der Waals surface area contributed by atoms with Crippen molar-refractivity contribution in [2.45, 2.75) is 12.3 Å². The molecule has 4 heteroatoms. The number of nitrogens with zero attached hydrogens (tertiary/aromatic N) is 1. The van der Waals surface area contributed by atoms with Crippen LogP contribution in [0.3, 0.4) is 0 Å². The Morgan fingerprint density at radius 3 is 3.00 bits per heavy atom. The molecule has 1 aromatic rings. The molecule has 1 aromatic heterocycles. The van der Waals surface area contributed by atoms with Crippen LogP contribution in [0.25, 0.3) is 0 Å². The number of primary amides is 1. The Morgan fingerprint density at radius 2 is 2.46 bits per heavy atom. The molecule has 0 spiro atoms. The first kappa shape index (κ1) is 8.51. The van der Waals surface area contributed by atoms with Crippen molar-refractivity contribution in [3.8, 4) is 0 Å². The van der Waals surface area contributed by atoms with Crippen molar-refractivity contribution in [1.82, 2.24) is 4.98 Å². The second-order valence-corrected chi connectivity index (χ2v) is 3.65. The number of aromatic nitrogens is 1. The molecule has 0 aliphatic heterocycles. The minimum Gasteiger partial charge on any atom is -0.369 e. The van der Waals surface area contributed by atoms with Crippen LogP contribution in [0.15, 0.2) is 18.3 Å². The van der Waals surface area contributed by atoms with E-state index in [9.17, 15) is 4.79 Å². The maximum atomic E-state index is 10.8. The normalized spacial score (nSPS) is 25.6. The van der Waals surface area contributed by atoms with Gasteiger partial charge in [-0.2, -0.15) is 0 Å². The Balaban J connectivity index is 2.16. The fourth-order valence-electron chi connectivity index (χ4n) is 1.53. The number of rotatable bonds is 2. The zero-order valence-corrected chi connectivity index (χ0v) is 7.66. The van der Waals surface area contributed by atoms with Crippen LogP contribution in [-0.4, -0.2) is 10.9 Å². The zero-order valence-electron chi connectivity index (χ0n) is 6.90. The smallest absolute Gasteiger partial charge is 0.221 e. The fourth-order valence-corrected chi connectivity index (χ4v) is 1.71. The highest BCUT2D eigenvalue weighted by Crippen LogP contribution is 2.47. The first-order chi connectivity index (χ1) is 6.18. The third-order valence-corrected chi connectivity index (χ3v) is 2.54. The van der Waals surface area contributed by atoms with Gasteiger partial charge in [-0.05, 0) is 30.0 Å². The van der Waals surface area contributed by atoms with Crippen LogP contribution in [0.5, 0.6) is 0 Å². The number of carbonyl (C=O) groups excluding carboxylic acids is 1. The van der Waals surface area contributed by atoms with Crippen LogP contribution >= 0.6 is 11.6 Å². The van der Waals surface area contributed by atoms with E-state index in [1.807, 2.05) is 6.07 Å². The number of amides is 1. The predicted molar refractivity (Wildman–Crippen MR) is 49.3 cm³/mol. The molecule has 2 atom stereocenters. The van der Waals surface area contributed by atoms with Crippen molar-refractivity contribution < 1.29 is 4.79 Å². The molecular formula is C9H9ClN2O. The molecule has 2 N–H and O–H groups in total. The monoisotopic (exact) mass is 196 g/mol. The minimum absolute atomic E-state index is 0.00142. The molecule has 0 unspecified atom stereocenters. The Morgan fingerprint density at radius 1 is 1.69 bits per heavy atom. The first-order valence-corrected chi connectivity index (χ1v) is 4.47. The van der Waals surface area contributed by atoms with E-state index >= 15 is 0 Å². The van der Waals surface area contributed by atoms with Gasteiger partial charge in [0.2, 0.25) is 5.91 Å². The van der Waals surface area contributed by atoms with Crippen LogP contribution in [-0.2, 0) is 4.79 Å². The van der Waals surface area contributed by atoms with Crippen molar-refractivity contribution in [1.29, 1.82) is 0 Å². The maximum Gasteiger partial charge on any atom is 0.221 e. The molecule has 1 heterocycles. The molecule has 1 aliphatic rings. The number of nitrogens with two attached hydrogens (primary N) is 1. The van der Waals surface area contributed by atoms with Gasteiger partial charge < -0.3 is 5.73 Å². The number of hydrogen-bond acceptors (Lipinski definition) is 2. The van der Waals surface area contributed by atoms with Crippen LogP contribution in [0, 0.1) is 5.92 Å². The lowest BCUT2D eigenvalue weighted by Gasteiger charge is -1.97. The quantitative estimate of drug-likeness (QED) is 0.726. The molecule has 3 nitrogen and oxygen atoms in total. The molecule has 0 radical (unpaired) electrons. The van der Waals surface area contributed by atoms with Crippen LogP contribution in [0.4, 0.5) is 0 Å². The Bertz CT molecular complexity index is 353. The zero-order chi connectivity index (χ0) is 9.42. The van der Waals surface area contributed by atoms with Gasteiger partial charge >= 0.3 is 0 Å². The predicted octanol–water partition coefficient (Wildman–Crippen LogP) is 1.32. The van der Waals surface area contributed by atoms with E-state index in [0.29, 0.717) is 5.15 Å². The molecule has 1 fully saturated rings. The molecule has 2 rings (SSSR count). The Labute approximate surface area is 80.9 Å². The number of hydrogen-bond donors (Lipinski definition) is 1. The minimum atomic E-state index is -0.224. The molecule has 0 saturated heterocycles. The molecule has 1 aliphatic carbocycles. The summed E-state index contributed by atoms with van der Waals surface area (Å²) in [5.41, 5.74) is 6.24. The second kappa shape index (κ2) is 3.00. The summed E-state index contributed by atoms with van der Waals surface area (Å²) in [6.45, 7) is 0. The summed E-state index contributed by atoms with van der Waals surface area (Å²) < 4.78 is 0. The Kier molecular flexibility index (Phi) is 1.96. The van der Waals surface area contributed by atoms with Crippen LogP contribution < -0.4 is 5.73 Å². The van der Waals surface area contributed by atoms with E-state index in [4.69, 9.17) is 17.3 Å². The SMILES string of the molecule is NC(=O)[C@H]1C[C@@H]1c1ccnc(Cl)c1. The average Bonchev–Trinajstić information content (AvgIpc) is 2.82. The number of pyridine rings is 1. The lowest BCUT2D eigenvalue weighted by atomic mass is 10.1. The highest BCUT2D eigenvalue weighted by Gasteiger charge is 2.42. The van der Waals surface area contributed by atoms with Crippen molar-refractivity contribution in [2.24, 2.45) is 11.7 Å². The summed E-state index contributed by atoms with van der Waals surface area (Å²) in [5, 5.41) is 0.465. The van der Waals surface area contributed by atoms with Crippen molar-refractivity contribution in [3.63, 3.8) is 0 Å². The summed E-state index contributed by atoms with van der Waals surface area (Å²) >= 11 is 5.72. The van der Waals surface area contributed by atoms with Crippen molar-refractivity contribution in [3.05, 3.63) is 29.0 Å². The van der Waals surface area contributed by atoms with Gasteiger partial charge in [0.05, 0.1) is 0 Å². The summed E-state index contributed by atoms with van der Waals surface area (Å²) in [5.74, 6) is 0.0365. The summed E-state index contributed by atoms with van der Waals surface area (Å²) in [4.78, 5) is 14.7. The van der Waals surface area contributed by atoms with Gasteiger partial charge in [0.1, 0.15) is 5.15 Å². The molecule has 68 valence electrons. The van der Waals surface area contributed by atoms with Gasteiger partial charge in [-0.1, -0.05) is 11.6 Å². The summed E-state index contributed by atoms with van der Waals surface area (Å²) in [6.07, 6.45) is 2.49. The fraction of sp³-hybridized carbons (Fsp3) is 0.333. The summed E-state index contributed by atoms with van der Waals surface area (Å²) in [7, 11) is 0. The lowest BCUT2D eigenvalue weighted by molar-refractivity contribution is -0.119. The van der Waals surface area contributed by atoms with E-state index in [1.54, 1.807) is 12.3 Å². The van der Waals surface area contributed by atoms with Gasteiger partial charge in [-0.15, -0.1) is 0 Å². The van der Waals surface area contributed by atoms with Crippen LogP contribution in [0.2, 0.25) is 5.15 Å². The Hall–Kier alpha value is -1.09. The molecular weight excluding hydrogens is 188 g/mol. The third-order valence-electron chi connectivity index (χ3n) is 2.33. The van der Waals surface area contributed by atoms with Crippen LogP contribution in [0.1, 0.15) is 17.9 Å². The summed E-state index contributed by atoms with van der Waals surface area (Å²) in [6, 6.07) is 3.66. The topological polar surface area (TPSA) is 56.0 Å². The second-order valence-electron chi connectivity index (χ2n) is 3.26. The standard InChI is InChI=1S/C9H9ClN2O/c10-8-3-5(1-2-12-8)6-4-7(6)9(11)13/h1-3,6-7H,4H2,(H2,11,13)/t6-,7+/m1/s1. The van der Waals surface area contributed by atoms with Gasteiger partial charge in [0, 0.05) is 12.1 Å². The van der Waals surface area contributed by atoms with Crippen molar-refractivity contribution >= 4 is 17.5 Å². The van der Waals surface area contributed by atoms with E-state index in [2.05, 4.69) is 4.98 Å². The molecule has 0 bridgehead atoms. The van der Waals surface area contributed by atoms with Gasteiger partial charge in [-0.3, -0.25) is 4.79 Å². The molecule has 0 aromatic carbocycles. The molecule has 13 heavy (non-hydrogen) atoms. The molecule has 1 amide bonds.